The summed E-state index contributed by atoms with van der Waals surface area (Å²) in [7, 11) is 0. The summed E-state index contributed by atoms with van der Waals surface area (Å²) in [4.78, 5) is 0. The molecule has 0 aromatic rings. The molecule has 15 valence electrons. The van der Waals surface area contributed by atoms with Crippen LogP contribution in [0.5, 0.6) is 0 Å². The topological polar surface area (TPSA) is 17.1 Å². The van der Waals surface area contributed by atoms with Crippen LogP contribution in [0.4, 0.5) is 0 Å². The predicted octanol–water partition coefficient (Wildman–Crippen LogP) is -0.883. The van der Waals surface area contributed by atoms with Crippen LogP contribution in [0.2, 0.25) is 0 Å². The Morgan fingerprint density at radius 3 is 1.25 bits per heavy atom. The molecule has 0 spiro atoms. The molecule has 0 aliphatic carbocycles. The third-order valence-electron chi connectivity index (χ3n) is 0. The summed E-state index contributed by atoms with van der Waals surface area (Å²) >= 11 is 0.300. The summed E-state index contributed by atoms with van der Waals surface area (Å²) in [6.07, 6.45) is 0. The Bertz CT molecular complexity index is 8.00. The van der Waals surface area contributed by atoms with Gasteiger partial charge in [0.25, 0.3) is 0 Å². The second kappa shape index (κ2) is 18.2. The van der Waals surface area contributed by atoms with Crippen LogP contribution in [0.15, 0.2) is 0 Å². The van der Waals surface area contributed by atoms with E-state index in [0.717, 1.165) is 0 Å². The molecule has 0 aliphatic heterocycles. The van der Waals surface area contributed by atoms with Crippen molar-refractivity contribution < 1.29 is 30.4 Å². The van der Waals surface area contributed by atoms with Crippen molar-refractivity contribution in [2.24, 2.45) is 0 Å². The van der Waals surface area contributed by atoms with E-state index in [9.17, 15) is 0 Å². The van der Waals surface area contributed by atoms with Crippen LogP contribution in [0, 0.1) is 0 Å². The van der Waals surface area contributed by atoms with Crippen LogP contribution in [0.3, 0.4) is 0 Å². The van der Waals surface area contributed by atoms with Gasteiger partial charge >= 0.3 is 25.6 Å². The zero-order chi connectivity index (χ0) is 2.00. The van der Waals surface area contributed by atoms with Gasteiger partial charge < -0.3 is 0 Å². The van der Waals surface area contributed by atoms with E-state index in [1.54, 1.807) is 0 Å². The van der Waals surface area contributed by atoms with Crippen LogP contribution >= 0.6 is 0 Å². The fraction of sp³-hybridized carbons (Fsp3) is 0. The van der Waals surface area contributed by atoms with Crippen molar-refractivity contribution in [3.05, 3.63) is 0 Å². The van der Waals surface area contributed by atoms with Gasteiger partial charge in [-0.05, 0) is 0 Å². The van der Waals surface area contributed by atoms with Gasteiger partial charge in [-0.15, -0.1) is 0 Å². The van der Waals surface area contributed by atoms with Gasteiger partial charge in [0.2, 0.25) is 0 Å². The molecule has 0 rings (SSSR count). The van der Waals surface area contributed by atoms with Crippen LogP contribution in [0.1, 0.15) is 0 Å². The Hall–Kier alpha value is 2.39. The molecule has 4 heteroatoms. The molecule has 0 N–H and O–H groups in total. The quantitative estimate of drug-likeness (QED) is 0.512. The fourth-order valence-electron chi connectivity index (χ4n) is 0. The molecule has 0 aromatic heterocycles. The van der Waals surface area contributed by atoms with Gasteiger partial charge in [-0.25, -0.2) is 0 Å². The van der Waals surface area contributed by atoms with Crippen molar-refractivity contribution in [1.82, 2.24) is 0 Å². The van der Waals surface area contributed by atoms with E-state index in [-0.39, 0.29) is 53.1 Å². The Labute approximate surface area is 77.3 Å². The van der Waals surface area contributed by atoms with Crippen LogP contribution in [0.25, 0.3) is 0 Å². The second-order valence-corrected chi connectivity index (χ2v) is 0. The first-order valence-corrected chi connectivity index (χ1v) is 1.37. The van der Waals surface area contributed by atoms with Gasteiger partial charge in [-0.1, -0.05) is 0 Å². The van der Waals surface area contributed by atoms with Crippen molar-refractivity contribution in [3.63, 3.8) is 0 Å². The monoisotopic (exact) mass is 365 g/mol. The van der Waals surface area contributed by atoms with E-state index >= 15 is 0 Å². The van der Waals surface area contributed by atoms with E-state index < -0.39 is 0 Å². The van der Waals surface area contributed by atoms with Gasteiger partial charge in [-0.3, -0.25) is 0 Å². The van der Waals surface area contributed by atoms with Crippen molar-refractivity contribution in [1.29, 1.82) is 0 Å². The number of rotatable bonds is 0. The van der Waals surface area contributed by atoms with E-state index in [1.807, 2.05) is 0 Å². The van der Waals surface area contributed by atoms with Crippen LogP contribution < -0.4 is 0 Å². The van der Waals surface area contributed by atoms with Gasteiger partial charge in [0.1, 0.15) is 0 Å². The molecule has 0 atom stereocenters. The van der Waals surface area contributed by atoms with Crippen LogP contribution in [-0.4, -0.2) is 48.4 Å². The van der Waals surface area contributed by atoms with Gasteiger partial charge in [0.15, 0.2) is 0 Å². The van der Waals surface area contributed by atoms with Gasteiger partial charge in [-0.2, -0.15) is 0 Å². The molecule has 4 heavy (non-hydrogen) atoms. The average Bonchev–Trinajstić information content (AvgIpc) is 1.00. The summed E-state index contributed by atoms with van der Waals surface area (Å²) in [5, 5.41) is 0. The fourth-order valence-corrected chi connectivity index (χ4v) is 0. The molecule has 0 heterocycles. The summed E-state index contributed by atoms with van der Waals surface area (Å²) < 4.78 is 8.34. The molecule has 5 radical (unpaired) electrons. The minimum absolute atomic E-state index is 0. The molecule has 0 fully saturated rings. The molecule has 0 aromatic carbocycles. The molecule has 1 nitrogen and oxygen atoms in total. The van der Waals surface area contributed by atoms with E-state index in [4.69, 9.17) is 3.08 Å². The van der Waals surface area contributed by atoms with Crippen molar-refractivity contribution >= 4 is 48.4 Å². The van der Waals surface area contributed by atoms with Crippen molar-refractivity contribution in [2.75, 3.05) is 0 Å². The molecule has 0 aliphatic rings. The Morgan fingerprint density at radius 2 is 1.25 bits per heavy atom. The number of hydrogen-bond acceptors (Lipinski definition) is 1. The molecular weight excluding hydrogens is 362 g/mol. The average molecular weight is 362 g/mol. The summed E-state index contributed by atoms with van der Waals surface area (Å²) in [6, 6.07) is 0. The zero-order valence-corrected chi connectivity index (χ0v) is 12.4. The summed E-state index contributed by atoms with van der Waals surface area (Å²) in [5.74, 6) is 0. The molecule has 0 saturated heterocycles. The maximum atomic E-state index is 8.34. The minimum atomic E-state index is 0. The molecule has 0 amide bonds. The van der Waals surface area contributed by atoms with Crippen molar-refractivity contribution in [3.8, 4) is 0 Å². The molecule has 0 bridgehead atoms. The summed E-state index contributed by atoms with van der Waals surface area (Å²) in [5.41, 5.74) is 0. The van der Waals surface area contributed by atoms with Gasteiger partial charge in [0, 0.05) is 53.1 Å². The van der Waals surface area contributed by atoms with Crippen LogP contribution in [-0.2, 0) is 30.4 Å². The normalized spacial score (nSPS) is 1.00. The third kappa shape index (κ3) is 8.83. The number of hydrogen-bond donors (Lipinski definition) is 0. The molecule has 0 saturated carbocycles. The Morgan fingerprint density at radius 1 is 1.25 bits per heavy atom. The maximum absolute atomic E-state index is 8.34. The Kier molecular flexibility index (Phi) is 73.4. The van der Waals surface area contributed by atoms with E-state index in [1.165, 1.54) is 0 Å². The standard InChI is InChI=1S/Cd.In.O.Sn. The zero-order valence-electron chi connectivity index (χ0n) is 2.19. The summed E-state index contributed by atoms with van der Waals surface area (Å²) in [6.45, 7) is 0. The van der Waals surface area contributed by atoms with E-state index in [2.05, 4.69) is 0 Å². The van der Waals surface area contributed by atoms with E-state index in [0.29, 0.717) is 22.5 Å². The first kappa shape index (κ1) is 16.2. The first-order valence-electron chi connectivity index (χ1n) is 0.204. The molecule has 0 unspecified atom stereocenters. The predicted molar refractivity (Wildman–Crippen MR) is 12.2 cm³/mol. The first-order chi connectivity index (χ1) is 1.00. The Balaban J connectivity index is -0.00000000500. The van der Waals surface area contributed by atoms with Gasteiger partial charge in [0.05, 0.1) is 0 Å². The molecular formula is CdInOSn. The van der Waals surface area contributed by atoms with Crippen molar-refractivity contribution in [2.45, 2.75) is 0 Å². The third-order valence-corrected chi connectivity index (χ3v) is 0. The second-order valence-electron chi connectivity index (χ2n) is 0. The SMILES string of the molecule is [Cd].[In].[O]=[Sn].